The van der Waals surface area contributed by atoms with Gasteiger partial charge < -0.3 is 9.64 Å². The summed E-state index contributed by atoms with van der Waals surface area (Å²) in [4.78, 5) is 28.7. The molecule has 0 bridgehead atoms. The summed E-state index contributed by atoms with van der Waals surface area (Å²) in [6.45, 7) is 4.53. The number of hydrogen-bond donors (Lipinski definition) is 0. The molecule has 2 heterocycles. The molecule has 3 rings (SSSR count). The van der Waals surface area contributed by atoms with E-state index >= 15 is 0 Å². The van der Waals surface area contributed by atoms with Crippen molar-refractivity contribution in [3.05, 3.63) is 35.6 Å². The van der Waals surface area contributed by atoms with Gasteiger partial charge in [0, 0.05) is 19.1 Å². The van der Waals surface area contributed by atoms with Gasteiger partial charge in [0.25, 0.3) is 0 Å². The minimum absolute atomic E-state index is 0.0630. The number of ether oxygens (including phenoxy) is 1. The van der Waals surface area contributed by atoms with E-state index in [4.69, 9.17) is 4.74 Å². The maximum absolute atomic E-state index is 13.2. The van der Waals surface area contributed by atoms with E-state index in [0.29, 0.717) is 26.2 Å². The van der Waals surface area contributed by atoms with Crippen LogP contribution in [0.15, 0.2) is 24.3 Å². The van der Waals surface area contributed by atoms with Crippen LogP contribution < -0.4 is 0 Å². The second-order valence-corrected chi connectivity index (χ2v) is 7.11. The van der Waals surface area contributed by atoms with Crippen molar-refractivity contribution in [3.63, 3.8) is 0 Å². The average molecular weight is 362 g/mol. The third-order valence-electron chi connectivity index (χ3n) is 5.35. The van der Waals surface area contributed by atoms with Crippen molar-refractivity contribution in [2.24, 2.45) is 5.92 Å². The number of rotatable bonds is 5. The number of amides is 1. The summed E-state index contributed by atoms with van der Waals surface area (Å²) >= 11 is 0. The Bertz CT molecular complexity index is 634. The lowest BCUT2D eigenvalue weighted by Gasteiger charge is -2.33. The molecule has 2 saturated heterocycles. The van der Waals surface area contributed by atoms with Gasteiger partial charge in [-0.2, -0.15) is 0 Å². The fourth-order valence-electron chi connectivity index (χ4n) is 4.01. The second-order valence-electron chi connectivity index (χ2n) is 7.11. The topological polar surface area (TPSA) is 49.9 Å². The summed E-state index contributed by atoms with van der Waals surface area (Å²) in [5.74, 6) is -0.588. The Labute approximate surface area is 154 Å². The molecular formula is C20H27FN2O3. The Morgan fingerprint density at radius 3 is 2.62 bits per heavy atom. The number of carbonyl (C=O) groups excluding carboxylic acids is 2. The van der Waals surface area contributed by atoms with E-state index in [1.54, 1.807) is 24.0 Å². The van der Waals surface area contributed by atoms with E-state index in [0.717, 1.165) is 37.8 Å². The quantitative estimate of drug-likeness (QED) is 0.756. The lowest BCUT2D eigenvalue weighted by Crippen LogP contribution is -2.46. The number of hydrogen-bond acceptors (Lipinski definition) is 4. The van der Waals surface area contributed by atoms with E-state index in [2.05, 4.69) is 4.90 Å². The molecule has 0 aliphatic carbocycles. The van der Waals surface area contributed by atoms with Crippen molar-refractivity contribution >= 4 is 11.9 Å². The van der Waals surface area contributed by atoms with E-state index < -0.39 is 0 Å². The second kappa shape index (κ2) is 8.62. The molecule has 5 nitrogen and oxygen atoms in total. The van der Waals surface area contributed by atoms with Crippen molar-refractivity contribution in [1.82, 2.24) is 9.80 Å². The van der Waals surface area contributed by atoms with Gasteiger partial charge in [0.2, 0.25) is 5.91 Å². The molecule has 0 spiro atoms. The molecule has 0 unspecified atom stereocenters. The molecule has 142 valence electrons. The maximum atomic E-state index is 13.2. The van der Waals surface area contributed by atoms with Crippen LogP contribution >= 0.6 is 0 Å². The summed E-state index contributed by atoms with van der Waals surface area (Å²) in [6.07, 6.45) is 3.62. The molecule has 0 saturated carbocycles. The van der Waals surface area contributed by atoms with Crippen molar-refractivity contribution in [1.29, 1.82) is 0 Å². The summed E-state index contributed by atoms with van der Waals surface area (Å²) in [5, 5.41) is 0. The molecule has 0 N–H and O–H groups in total. The van der Waals surface area contributed by atoms with Gasteiger partial charge in [-0.05, 0) is 56.8 Å². The molecule has 26 heavy (non-hydrogen) atoms. The van der Waals surface area contributed by atoms with E-state index in [-0.39, 0.29) is 29.7 Å². The number of piperidine rings is 1. The standard InChI is InChI=1S/C20H27FN2O3/c1-2-26-20(25)16-5-3-12-23(13-16)19(24)14-22-11-4-6-18(22)15-7-9-17(21)10-8-15/h7-10,16,18H,2-6,11-14H2,1H3/t16-,18+/m1/s1. The summed E-state index contributed by atoms with van der Waals surface area (Å²) in [7, 11) is 0. The predicted octanol–water partition coefficient (Wildman–Crippen LogP) is 2.76. The number of halogens is 1. The number of nitrogens with zero attached hydrogens (tertiary/aromatic N) is 2. The van der Waals surface area contributed by atoms with Crippen LogP contribution in [-0.4, -0.2) is 54.5 Å². The van der Waals surface area contributed by atoms with Crippen LogP contribution in [0.1, 0.15) is 44.2 Å². The lowest BCUT2D eigenvalue weighted by molar-refractivity contribution is -0.151. The summed E-state index contributed by atoms with van der Waals surface area (Å²) in [6, 6.07) is 6.72. The van der Waals surface area contributed by atoms with Crippen molar-refractivity contribution in [2.45, 2.75) is 38.6 Å². The molecular weight excluding hydrogens is 335 g/mol. The van der Waals surface area contributed by atoms with Gasteiger partial charge >= 0.3 is 5.97 Å². The molecule has 0 radical (unpaired) electrons. The smallest absolute Gasteiger partial charge is 0.310 e. The maximum Gasteiger partial charge on any atom is 0.310 e. The summed E-state index contributed by atoms with van der Waals surface area (Å²) < 4.78 is 18.3. The number of carbonyl (C=O) groups is 2. The molecule has 2 atom stereocenters. The third kappa shape index (κ3) is 4.41. The average Bonchev–Trinajstić information content (AvgIpc) is 3.10. The highest BCUT2D eigenvalue weighted by molar-refractivity contribution is 5.80. The Morgan fingerprint density at radius 1 is 1.15 bits per heavy atom. The molecule has 0 aromatic heterocycles. The Kier molecular flexibility index (Phi) is 6.25. The lowest BCUT2D eigenvalue weighted by atomic mass is 9.98. The Balaban J connectivity index is 1.59. The largest absolute Gasteiger partial charge is 0.466 e. The van der Waals surface area contributed by atoms with Gasteiger partial charge in [-0.3, -0.25) is 14.5 Å². The van der Waals surface area contributed by atoms with E-state index in [1.165, 1.54) is 12.1 Å². The van der Waals surface area contributed by atoms with E-state index in [1.807, 2.05) is 0 Å². The van der Waals surface area contributed by atoms with Crippen molar-refractivity contribution in [2.75, 3.05) is 32.8 Å². The number of likely N-dealkylation sites (tertiary alicyclic amines) is 2. The first-order valence-electron chi connectivity index (χ1n) is 9.52. The van der Waals surface area contributed by atoms with Crippen LogP contribution in [-0.2, 0) is 14.3 Å². The monoisotopic (exact) mass is 362 g/mol. The predicted molar refractivity (Wildman–Crippen MR) is 95.9 cm³/mol. The first kappa shape index (κ1) is 18.8. The van der Waals surface area contributed by atoms with Crippen LogP contribution in [0.5, 0.6) is 0 Å². The molecule has 2 fully saturated rings. The van der Waals surface area contributed by atoms with Crippen molar-refractivity contribution < 1.29 is 18.7 Å². The Morgan fingerprint density at radius 2 is 1.88 bits per heavy atom. The molecule has 1 amide bonds. The van der Waals surface area contributed by atoms with Crippen LogP contribution in [0.3, 0.4) is 0 Å². The van der Waals surface area contributed by atoms with Gasteiger partial charge in [0.15, 0.2) is 0 Å². The number of benzene rings is 1. The minimum Gasteiger partial charge on any atom is -0.466 e. The highest BCUT2D eigenvalue weighted by Crippen LogP contribution is 2.32. The molecule has 1 aromatic rings. The van der Waals surface area contributed by atoms with E-state index in [9.17, 15) is 14.0 Å². The first-order valence-corrected chi connectivity index (χ1v) is 9.52. The number of esters is 1. The molecule has 2 aliphatic heterocycles. The van der Waals surface area contributed by atoms with Crippen LogP contribution in [0.25, 0.3) is 0 Å². The van der Waals surface area contributed by atoms with Gasteiger partial charge in [-0.15, -0.1) is 0 Å². The zero-order valence-electron chi connectivity index (χ0n) is 15.3. The highest BCUT2D eigenvalue weighted by atomic mass is 19.1. The normalized spacial score (nSPS) is 23.8. The molecule has 6 heteroatoms. The minimum atomic E-state index is -0.243. The molecule has 2 aliphatic rings. The fourth-order valence-corrected chi connectivity index (χ4v) is 4.01. The third-order valence-corrected chi connectivity index (χ3v) is 5.35. The SMILES string of the molecule is CCOC(=O)[C@@H]1CCCN(C(=O)CN2CCC[C@H]2c2ccc(F)cc2)C1. The Hall–Kier alpha value is -1.95. The van der Waals surface area contributed by atoms with Gasteiger partial charge in [-0.1, -0.05) is 12.1 Å². The van der Waals surface area contributed by atoms with Crippen LogP contribution in [0.2, 0.25) is 0 Å². The first-order chi connectivity index (χ1) is 12.6. The van der Waals surface area contributed by atoms with Crippen molar-refractivity contribution in [3.8, 4) is 0 Å². The van der Waals surface area contributed by atoms with Gasteiger partial charge in [-0.25, -0.2) is 4.39 Å². The zero-order chi connectivity index (χ0) is 18.5. The summed E-state index contributed by atoms with van der Waals surface area (Å²) in [5.41, 5.74) is 1.06. The molecule has 1 aromatic carbocycles. The van der Waals surface area contributed by atoms with Gasteiger partial charge in [0.05, 0.1) is 19.1 Å². The van der Waals surface area contributed by atoms with Gasteiger partial charge in [0.1, 0.15) is 5.82 Å². The zero-order valence-corrected chi connectivity index (χ0v) is 15.3. The van der Waals surface area contributed by atoms with Crippen LogP contribution in [0, 0.1) is 11.7 Å². The fraction of sp³-hybridized carbons (Fsp3) is 0.600. The highest BCUT2D eigenvalue weighted by Gasteiger charge is 2.32. The van der Waals surface area contributed by atoms with Crippen LogP contribution in [0.4, 0.5) is 4.39 Å².